The highest BCUT2D eigenvalue weighted by molar-refractivity contribution is 8.04. The van der Waals surface area contributed by atoms with E-state index in [9.17, 15) is 9.90 Å². The maximum Gasteiger partial charge on any atom is 0.168 e. The topological polar surface area (TPSA) is 37.3 Å². The van der Waals surface area contributed by atoms with E-state index in [1.54, 1.807) is 0 Å². The molecule has 0 bridgehead atoms. The molecule has 4 heteroatoms. The molecule has 27 heavy (non-hydrogen) atoms. The van der Waals surface area contributed by atoms with Crippen molar-refractivity contribution in [2.45, 2.75) is 63.7 Å². The number of aliphatic hydroxyl groups is 1. The summed E-state index contributed by atoms with van der Waals surface area (Å²) in [7, 11) is 6.36. The molecule has 0 aromatic rings. The van der Waals surface area contributed by atoms with E-state index in [2.05, 4.69) is 47.1 Å². The molecule has 0 aromatic heterocycles. The summed E-state index contributed by atoms with van der Waals surface area (Å²) in [6.45, 7) is 5.30. The van der Waals surface area contributed by atoms with E-state index in [1.807, 2.05) is 11.8 Å². The fraction of sp³-hybridized carbons (Fsp3) is 0.696. The molecule has 3 aliphatic rings. The molecule has 4 atom stereocenters. The van der Waals surface area contributed by atoms with Crippen LogP contribution in [0.3, 0.4) is 0 Å². The third kappa shape index (κ3) is 4.78. The predicted molar refractivity (Wildman–Crippen MR) is 115 cm³/mol. The molecule has 3 rings (SSSR count). The summed E-state index contributed by atoms with van der Waals surface area (Å²) in [6.07, 6.45) is 10.2. The summed E-state index contributed by atoms with van der Waals surface area (Å²) in [5, 5.41) is 10.6. The van der Waals surface area contributed by atoms with E-state index in [0.717, 1.165) is 55.1 Å². The molecule has 1 saturated heterocycles. The molecule has 1 aliphatic heterocycles. The highest BCUT2D eigenvalue weighted by Gasteiger charge is 2.43. The monoisotopic (exact) mass is 390 g/mol. The van der Waals surface area contributed by atoms with Gasteiger partial charge in [-0.15, -0.1) is 11.8 Å². The van der Waals surface area contributed by atoms with Crippen molar-refractivity contribution < 1.29 is 14.4 Å². The van der Waals surface area contributed by atoms with E-state index in [4.69, 9.17) is 0 Å². The molecule has 0 spiro atoms. The van der Waals surface area contributed by atoms with Crippen molar-refractivity contribution in [2.75, 3.05) is 27.7 Å². The lowest BCUT2D eigenvalue weighted by Crippen LogP contribution is -2.41. The first-order valence-electron chi connectivity index (χ1n) is 10.4. The summed E-state index contributed by atoms with van der Waals surface area (Å²) in [5.74, 6) is 1.01. The average Bonchev–Trinajstić information content (AvgIpc) is 2.59. The zero-order valence-electron chi connectivity index (χ0n) is 17.6. The van der Waals surface area contributed by atoms with Gasteiger partial charge in [0.15, 0.2) is 5.78 Å². The van der Waals surface area contributed by atoms with E-state index in [-0.39, 0.29) is 12.0 Å². The number of quaternary nitrogens is 1. The quantitative estimate of drug-likeness (QED) is 0.536. The Morgan fingerprint density at radius 1 is 1.19 bits per heavy atom. The van der Waals surface area contributed by atoms with E-state index in [1.165, 1.54) is 16.1 Å². The van der Waals surface area contributed by atoms with Crippen LogP contribution in [-0.2, 0) is 4.79 Å². The van der Waals surface area contributed by atoms with Crippen LogP contribution in [0.15, 0.2) is 33.8 Å². The van der Waals surface area contributed by atoms with Gasteiger partial charge in [-0.2, -0.15) is 0 Å². The third-order valence-electron chi connectivity index (χ3n) is 6.38. The van der Waals surface area contributed by atoms with Crippen molar-refractivity contribution in [3.8, 4) is 0 Å². The summed E-state index contributed by atoms with van der Waals surface area (Å²) >= 11 is 1.92. The van der Waals surface area contributed by atoms with E-state index >= 15 is 0 Å². The second-order valence-electron chi connectivity index (χ2n) is 9.63. The van der Waals surface area contributed by atoms with E-state index in [0.29, 0.717) is 17.0 Å². The lowest BCUT2D eigenvalue weighted by atomic mass is 9.72. The molecular formula is C23H36NO2S+. The van der Waals surface area contributed by atoms with Crippen LogP contribution in [0.1, 0.15) is 52.4 Å². The highest BCUT2D eigenvalue weighted by atomic mass is 32.2. The van der Waals surface area contributed by atoms with Gasteiger partial charge in [0.05, 0.1) is 21.1 Å². The van der Waals surface area contributed by atoms with Crippen molar-refractivity contribution in [1.82, 2.24) is 0 Å². The molecule has 1 N–H and O–H groups in total. The zero-order valence-corrected chi connectivity index (χ0v) is 18.4. The first-order valence-corrected chi connectivity index (χ1v) is 11.3. The number of likely N-dealkylation sites (N-methyl/N-ethyl adjacent to an activating group) is 1. The Bertz CT molecular complexity index is 683. The number of thioether (sulfide) groups is 1. The van der Waals surface area contributed by atoms with Gasteiger partial charge in [0.2, 0.25) is 0 Å². The first-order chi connectivity index (χ1) is 12.7. The molecule has 0 radical (unpaired) electrons. The molecule has 3 nitrogen and oxygen atoms in total. The largest absolute Gasteiger partial charge is 0.387 e. The summed E-state index contributed by atoms with van der Waals surface area (Å²) in [4.78, 5) is 14.4. The number of allylic oxidation sites excluding steroid dienone is 4. The fourth-order valence-electron chi connectivity index (χ4n) is 4.85. The molecule has 1 heterocycles. The Morgan fingerprint density at radius 2 is 1.89 bits per heavy atom. The minimum absolute atomic E-state index is 0.140. The van der Waals surface area contributed by atoms with Gasteiger partial charge >= 0.3 is 0 Å². The predicted octanol–water partition coefficient (Wildman–Crippen LogP) is 4.48. The molecule has 0 saturated carbocycles. The van der Waals surface area contributed by atoms with Crippen LogP contribution in [0.25, 0.3) is 0 Å². The molecule has 2 aliphatic carbocycles. The van der Waals surface area contributed by atoms with Crippen LogP contribution in [0.5, 0.6) is 0 Å². The van der Waals surface area contributed by atoms with Crippen molar-refractivity contribution in [1.29, 1.82) is 0 Å². The van der Waals surface area contributed by atoms with Crippen LogP contribution >= 0.6 is 11.8 Å². The number of hydrogen-bond donors (Lipinski definition) is 1. The van der Waals surface area contributed by atoms with Gasteiger partial charge in [-0.25, -0.2) is 0 Å². The number of hydrogen-bond acceptors (Lipinski definition) is 3. The normalized spacial score (nSPS) is 29.7. The van der Waals surface area contributed by atoms with Gasteiger partial charge in [0.25, 0.3) is 0 Å². The van der Waals surface area contributed by atoms with E-state index < -0.39 is 0 Å². The smallest absolute Gasteiger partial charge is 0.168 e. The zero-order chi connectivity index (χ0) is 19.8. The van der Waals surface area contributed by atoms with Gasteiger partial charge in [0.1, 0.15) is 12.6 Å². The number of fused-ring (bicyclic) bond motifs is 2. The molecular weight excluding hydrogens is 354 g/mol. The highest BCUT2D eigenvalue weighted by Crippen LogP contribution is 2.51. The van der Waals surface area contributed by atoms with Crippen molar-refractivity contribution in [2.24, 2.45) is 11.8 Å². The lowest BCUT2D eigenvalue weighted by Gasteiger charge is -2.41. The van der Waals surface area contributed by atoms with Crippen LogP contribution in [-0.4, -0.2) is 54.4 Å². The second kappa shape index (κ2) is 8.26. The standard InChI is InChI=1S/C23H36NO2S/c1-15-16(2)23-20(22(26)19-11-6-7-12-21(19)27-23)13-17(15)9-8-10-18(25)14-24(3,4)5/h11-12,17-18,20,23,25H,6-10,13-14H2,1-5H3/q+1/t17-,18?,20-,23?/m1/s1. The minimum Gasteiger partial charge on any atom is -0.387 e. The number of carbonyl (C=O) groups is 1. The summed E-state index contributed by atoms with van der Waals surface area (Å²) in [5.41, 5.74) is 3.91. The Labute approximate surface area is 169 Å². The fourth-order valence-corrected chi connectivity index (χ4v) is 6.41. The Morgan fingerprint density at radius 3 is 2.59 bits per heavy atom. The molecule has 2 unspecified atom stereocenters. The van der Waals surface area contributed by atoms with Gasteiger partial charge in [-0.3, -0.25) is 4.79 Å². The average molecular weight is 391 g/mol. The van der Waals surface area contributed by atoms with Crippen molar-refractivity contribution in [3.05, 3.63) is 33.8 Å². The van der Waals surface area contributed by atoms with Crippen LogP contribution in [0.4, 0.5) is 0 Å². The SMILES string of the molecule is CC1=C(C)[C@H](CCCC(O)C[N+](C)(C)C)C[C@@H]2C(=O)C3=CCCC=C3SC12. The number of Topliss-reactive ketones (excluding diaryl/α,β-unsaturated/α-hetero) is 1. The van der Waals surface area contributed by atoms with Crippen LogP contribution in [0, 0.1) is 11.8 Å². The van der Waals surface area contributed by atoms with Gasteiger partial charge in [-0.05, 0) is 51.9 Å². The number of nitrogens with zero attached hydrogens (tertiary/aromatic N) is 1. The number of ketones is 1. The Balaban J connectivity index is 1.65. The number of rotatable bonds is 6. The summed E-state index contributed by atoms with van der Waals surface area (Å²) < 4.78 is 0.795. The first kappa shape index (κ1) is 20.9. The maximum atomic E-state index is 13.1. The molecule has 150 valence electrons. The lowest BCUT2D eigenvalue weighted by molar-refractivity contribution is -0.873. The van der Waals surface area contributed by atoms with Crippen molar-refractivity contribution >= 4 is 17.5 Å². The van der Waals surface area contributed by atoms with Gasteiger partial charge in [-0.1, -0.05) is 29.7 Å². The Hall–Kier alpha value is -0.840. The second-order valence-corrected chi connectivity index (χ2v) is 10.8. The molecule has 0 aromatic carbocycles. The van der Waals surface area contributed by atoms with Gasteiger partial charge < -0.3 is 9.59 Å². The number of carbonyl (C=O) groups excluding carboxylic acids is 1. The summed E-state index contributed by atoms with van der Waals surface area (Å²) in [6, 6.07) is 0. The van der Waals surface area contributed by atoms with Crippen LogP contribution < -0.4 is 0 Å². The Kier molecular flexibility index (Phi) is 6.39. The maximum absolute atomic E-state index is 13.1. The van der Waals surface area contributed by atoms with Gasteiger partial charge in [0, 0.05) is 21.6 Å². The third-order valence-corrected chi connectivity index (χ3v) is 7.96. The molecule has 1 fully saturated rings. The van der Waals surface area contributed by atoms with Crippen molar-refractivity contribution in [3.63, 3.8) is 0 Å². The number of aliphatic hydroxyl groups excluding tert-OH is 1. The minimum atomic E-state index is -0.237. The molecule has 0 amide bonds. The van der Waals surface area contributed by atoms with Crippen LogP contribution in [0.2, 0.25) is 0 Å².